The first-order chi connectivity index (χ1) is 15.4. The van der Waals surface area contributed by atoms with Crippen molar-refractivity contribution in [2.45, 2.75) is 31.6 Å². The van der Waals surface area contributed by atoms with E-state index in [1.807, 2.05) is 0 Å². The van der Waals surface area contributed by atoms with Crippen LogP contribution in [0.2, 0.25) is 0 Å². The number of hydrogen-bond acceptors (Lipinski definition) is 9. The van der Waals surface area contributed by atoms with Gasteiger partial charge in [0, 0.05) is 0 Å². The lowest BCUT2D eigenvalue weighted by atomic mass is 10.1. The first-order valence-corrected chi connectivity index (χ1v) is 9.56. The molecule has 0 aliphatic rings. The number of rotatable bonds is 11. The molecular formula is C22H24FNO8. The van der Waals surface area contributed by atoms with Crippen molar-refractivity contribution in [2.75, 3.05) is 13.7 Å². The topological polar surface area (TPSA) is 135 Å². The van der Waals surface area contributed by atoms with Crippen LogP contribution in [0.4, 0.5) is 4.39 Å². The van der Waals surface area contributed by atoms with Crippen molar-refractivity contribution < 1.29 is 43.6 Å². The molecule has 3 atom stereocenters. The maximum atomic E-state index is 14.6. The first kappa shape index (κ1) is 24.9. The molecule has 0 unspecified atom stereocenters. The number of aliphatic hydroxyl groups is 3. The number of ether oxygens (including phenoxy) is 2. The predicted molar refractivity (Wildman–Crippen MR) is 111 cm³/mol. The molecule has 0 aliphatic carbocycles. The van der Waals surface area contributed by atoms with Gasteiger partial charge in [0.2, 0.25) is 0 Å². The number of carbonyl (C=O) groups is 2. The molecule has 2 aromatic rings. The summed E-state index contributed by atoms with van der Waals surface area (Å²) in [5, 5.41) is 31.8. The third-order valence-electron chi connectivity index (χ3n) is 4.37. The summed E-state index contributed by atoms with van der Waals surface area (Å²) in [5.74, 6) is -1.72. The van der Waals surface area contributed by atoms with E-state index in [2.05, 4.69) is 9.99 Å². The number of hydrogen-bond donors (Lipinski definition) is 3. The Kier molecular flexibility index (Phi) is 9.74. The summed E-state index contributed by atoms with van der Waals surface area (Å²) >= 11 is 0. The molecule has 0 saturated carbocycles. The number of halogens is 1. The molecule has 0 fully saturated rings. The van der Waals surface area contributed by atoms with Crippen LogP contribution in [0.3, 0.4) is 0 Å². The minimum atomic E-state index is -2.06. The number of carbonyl (C=O) groups excluding carboxylic acids is 2. The van der Waals surface area contributed by atoms with Gasteiger partial charge in [-0.3, -0.25) is 0 Å². The molecular weight excluding hydrogens is 425 g/mol. The minimum Gasteiger partial charge on any atom is -0.459 e. The zero-order valence-corrected chi connectivity index (χ0v) is 17.3. The zero-order valence-electron chi connectivity index (χ0n) is 17.3. The van der Waals surface area contributed by atoms with Gasteiger partial charge in [0.1, 0.15) is 19.8 Å². The quantitative estimate of drug-likeness (QED) is 0.266. The molecule has 0 saturated heterocycles. The summed E-state index contributed by atoms with van der Waals surface area (Å²) in [5.41, 5.74) is 1.38. The lowest BCUT2D eigenvalue weighted by Crippen LogP contribution is -2.43. The van der Waals surface area contributed by atoms with Crippen LogP contribution in [-0.2, 0) is 27.5 Å². The molecule has 2 aromatic carbocycles. The van der Waals surface area contributed by atoms with E-state index in [9.17, 15) is 19.1 Å². The molecule has 9 nitrogen and oxygen atoms in total. The predicted octanol–water partition coefficient (Wildman–Crippen LogP) is 1.38. The molecule has 2 rings (SSSR count). The summed E-state index contributed by atoms with van der Waals surface area (Å²) in [6.07, 6.45) is -4.82. The molecule has 0 bridgehead atoms. The fourth-order valence-corrected chi connectivity index (χ4v) is 2.58. The van der Waals surface area contributed by atoms with Gasteiger partial charge in [-0.15, -0.1) is 0 Å². The monoisotopic (exact) mass is 449 g/mol. The van der Waals surface area contributed by atoms with Gasteiger partial charge in [0.05, 0.1) is 30.6 Å². The van der Waals surface area contributed by atoms with Crippen molar-refractivity contribution in [3.8, 4) is 0 Å². The van der Waals surface area contributed by atoms with Crippen LogP contribution >= 0.6 is 0 Å². The van der Waals surface area contributed by atoms with Crippen LogP contribution in [-0.4, -0.2) is 65.6 Å². The number of oxime groups is 1. The summed E-state index contributed by atoms with van der Waals surface area (Å²) in [4.78, 5) is 29.0. The molecule has 10 heteroatoms. The number of nitrogens with zero attached hydrogens (tertiary/aromatic N) is 1. The number of alkyl halides is 1. The van der Waals surface area contributed by atoms with Gasteiger partial charge in [-0.1, -0.05) is 29.4 Å². The molecule has 0 spiro atoms. The maximum absolute atomic E-state index is 14.6. The highest BCUT2D eigenvalue weighted by atomic mass is 19.1. The third kappa shape index (κ3) is 7.12. The molecule has 0 aliphatic heterocycles. The van der Waals surface area contributed by atoms with Gasteiger partial charge < -0.3 is 29.6 Å². The highest BCUT2D eigenvalue weighted by molar-refractivity contribution is 5.90. The van der Waals surface area contributed by atoms with Gasteiger partial charge in [0.25, 0.3) is 0 Å². The second-order valence-electron chi connectivity index (χ2n) is 6.63. The summed E-state index contributed by atoms with van der Waals surface area (Å²) in [7, 11) is 1.19. The Labute approximate surface area is 183 Å². The van der Waals surface area contributed by atoms with E-state index in [4.69, 9.17) is 19.7 Å². The molecule has 32 heavy (non-hydrogen) atoms. The molecule has 0 radical (unpaired) electrons. The Bertz CT molecular complexity index is 901. The largest absolute Gasteiger partial charge is 0.459 e. The molecule has 0 aromatic heterocycles. The summed E-state index contributed by atoms with van der Waals surface area (Å²) in [6.45, 7) is -1.07. The molecule has 0 heterocycles. The van der Waals surface area contributed by atoms with E-state index in [-0.39, 0.29) is 24.3 Å². The van der Waals surface area contributed by atoms with Gasteiger partial charge in [0.15, 0.2) is 12.3 Å². The number of esters is 2. The Balaban J connectivity index is 2.07. The Morgan fingerprint density at radius 3 is 1.94 bits per heavy atom. The Morgan fingerprint density at radius 1 is 0.969 bits per heavy atom. The van der Waals surface area contributed by atoms with E-state index >= 15 is 0 Å². The van der Waals surface area contributed by atoms with Crippen molar-refractivity contribution in [2.24, 2.45) is 5.16 Å². The van der Waals surface area contributed by atoms with Gasteiger partial charge in [-0.2, -0.15) is 0 Å². The van der Waals surface area contributed by atoms with Crippen molar-refractivity contribution in [3.05, 3.63) is 70.8 Å². The van der Waals surface area contributed by atoms with Gasteiger partial charge >= 0.3 is 11.9 Å². The lowest BCUT2D eigenvalue weighted by molar-refractivity contribution is -0.0594. The zero-order chi connectivity index (χ0) is 23.5. The van der Waals surface area contributed by atoms with Gasteiger partial charge in [-0.25, -0.2) is 14.0 Å². The molecule has 0 amide bonds. The van der Waals surface area contributed by atoms with Gasteiger partial charge in [-0.05, 0) is 35.4 Å². The smallest absolute Gasteiger partial charge is 0.338 e. The molecule has 3 N–H and O–H groups in total. The average molecular weight is 449 g/mol. The van der Waals surface area contributed by atoms with Crippen LogP contribution in [0.1, 0.15) is 31.8 Å². The van der Waals surface area contributed by atoms with E-state index < -0.39 is 36.9 Å². The van der Waals surface area contributed by atoms with Crippen LogP contribution < -0.4 is 0 Å². The van der Waals surface area contributed by atoms with E-state index in [1.54, 1.807) is 0 Å². The second-order valence-corrected chi connectivity index (χ2v) is 6.63. The van der Waals surface area contributed by atoms with E-state index in [0.717, 1.165) is 0 Å². The Morgan fingerprint density at radius 2 is 1.47 bits per heavy atom. The average Bonchev–Trinajstić information content (AvgIpc) is 2.83. The van der Waals surface area contributed by atoms with Crippen molar-refractivity contribution in [3.63, 3.8) is 0 Å². The molecule has 172 valence electrons. The highest BCUT2D eigenvalue weighted by Gasteiger charge is 2.33. The summed E-state index contributed by atoms with van der Waals surface area (Å²) in [6, 6.07) is 11.6. The van der Waals surface area contributed by atoms with Crippen LogP contribution in [0.25, 0.3) is 0 Å². The van der Waals surface area contributed by atoms with Crippen LogP contribution in [0.15, 0.2) is 53.7 Å². The number of aliphatic hydroxyl groups excluding tert-OH is 3. The van der Waals surface area contributed by atoms with Crippen molar-refractivity contribution in [1.29, 1.82) is 0 Å². The number of benzene rings is 2. The normalized spacial score (nSPS) is 13.9. The highest BCUT2D eigenvalue weighted by Crippen LogP contribution is 2.15. The van der Waals surface area contributed by atoms with Crippen molar-refractivity contribution in [1.82, 2.24) is 0 Å². The SMILES string of the molecule is CON=C[C@@H](F)[C@H](OC(=O)c1ccc(CO)cc1)[C@H](O)COC(=O)c1ccc(CO)cc1. The second kappa shape index (κ2) is 12.5. The summed E-state index contributed by atoms with van der Waals surface area (Å²) < 4.78 is 24.7. The van der Waals surface area contributed by atoms with E-state index in [1.165, 1.54) is 55.6 Å². The van der Waals surface area contributed by atoms with Crippen molar-refractivity contribution >= 4 is 18.2 Å². The maximum Gasteiger partial charge on any atom is 0.338 e. The first-order valence-electron chi connectivity index (χ1n) is 9.56. The lowest BCUT2D eigenvalue weighted by Gasteiger charge is -2.24. The van der Waals surface area contributed by atoms with Crippen LogP contribution in [0.5, 0.6) is 0 Å². The minimum absolute atomic E-state index is 0.0660. The van der Waals surface area contributed by atoms with E-state index in [0.29, 0.717) is 17.3 Å². The fraction of sp³-hybridized carbons (Fsp3) is 0.318. The fourth-order valence-electron chi connectivity index (χ4n) is 2.58. The standard InChI is InChI=1S/C22H24FNO8/c1-30-24-10-18(23)20(32-22(29)17-8-4-15(12-26)5-9-17)19(27)13-31-21(28)16-6-2-14(11-25)3-7-16/h2-10,18-20,25-27H,11-13H2,1H3/t18-,19-,20+/m1/s1. The Hall–Kier alpha value is -3.34. The van der Waals surface area contributed by atoms with Crippen LogP contribution in [0, 0.1) is 0 Å². The third-order valence-corrected chi connectivity index (χ3v) is 4.37.